The highest BCUT2D eigenvalue weighted by Crippen LogP contribution is 2.28. The van der Waals surface area contributed by atoms with Crippen LogP contribution >= 0.6 is 0 Å². The summed E-state index contributed by atoms with van der Waals surface area (Å²) in [5.41, 5.74) is 5.70. The first-order valence-corrected chi connectivity index (χ1v) is 9.87. The summed E-state index contributed by atoms with van der Waals surface area (Å²) in [6.45, 7) is 3.17. The van der Waals surface area contributed by atoms with E-state index in [0.29, 0.717) is 5.92 Å². The van der Waals surface area contributed by atoms with Crippen molar-refractivity contribution in [2.45, 2.75) is 25.3 Å². The number of pyridine rings is 1. The predicted octanol–water partition coefficient (Wildman–Crippen LogP) is 4.17. The van der Waals surface area contributed by atoms with Crippen LogP contribution < -0.4 is 0 Å². The number of aromatic nitrogens is 4. The zero-order valence-corrected chi connectivity index (χ0v) is 15.8. The van der Waals surface area contributed by atoms with Crippen molar-refractivity contribution in [3.8, 4) is 11.1 Å². The summed E-state index contributed by atoms with van der Waals surface area (Å²) in [6, 6.07) is 14.9. The topological polar surface area (TPSA) is 46.3 Å². The molecule has 0 amide bonds. The SMILES string of the molecule is c1ccc(C2CCN(Cc3cnc4c(-c5ccncc5)cnn4c3)CC2)cc1. The molecule has 0 bridgehead atoms. The Kier molecular flexibility index (Phi) is 4.59. The summed E-state index contributed by atoms with van der Waals surface area (Å²) in [6.07, 6.45) is 12.0. The van der Waals surface area contributed by atoms with E-state index in [2.05, 4.69) is 51.5 Å². The van der Waals surface area contributed by atoms with Crippen LogP contribution in [0.3, 0.4) is 0 Å². The van der Waals surface area contributed by atoms with E-state index in [4.69, 9.17) is 4.98 Å². The molecule has 5 nitrogen and oxygen atoms in total. The molecule has 0 N–H and O–H groups in total. The lowest BCUT2D eigenvalue weighted by molar-refractivity contribution is 0.204. The molecular formula is C23H23N5. The van der Waals surface area contributed by atoms with Crippen molar-refractivity contribution in [2.75, 3.05) is 13.1 Å². The van der Waals surface area contributed by atoms with Crippen LogP contribution in [-0.4, -0.2) is 37.6 Å². The third-order valence-corrected chi connectivity index (χ3v) is 5.67. The van der Waals surface area contributed by atoms with Gasteiger partial charge in [-0.2, -0.15) is 5.10 Å². The van der Waals surface area contributed by atoms with E-state index in [1.807, 2.05) is 29.0 Å². The van der Waals surface area contributed by atoms with Gasteiger partial charge in [0.05, 0.1) is 6.20 Å². The largest absolute Gasteiger partial charge is 0.299 e. The fourth-order valence-electron chi connectivity index (χ4n) is 4.14. The summed E-state index contributed by atoms with van der Waals surface area (Å²) in [5.74, 6) is 0.687. The molecule has 0 aliphatic carbocycles. The Balaban J connectivity index is 1.28. The van der Waals surface area contributed by atoms with Crippen molar-refractivity contribution in [1.82, 2.24) is 24.5 Å². The monoisotopic (exact) mass is 369 g/mol. The lowest BCUT2D eigenvalue weighted by atomic mass is 9.89. The molecule has 0 radical (unpaired) electrons. The van der Waals surface area contributed by atoms with E-state index in [1.165, 1.54) is 24.0 Å². The number of likely N-dealkylation sites (tertiary alicyclic amines) is 1. The molecule has 3 aromatic heterocycles. The summed E-state index contributed by atoms with van der Waals surface area (Å²) in [7, 11) is 0. The lowest BCUT2D eigenvalue weighted by Gasteiger charge is -2.32. The van der Waals surface area contributed by atoms with Gasteiger partial charge in [0.2, 0.25) is 0 Å². The van der Waals surface area contributed by atoms with E-state index in [1.54, 1.807) is 12.4 Å². The minimum atomic E-state index is 0.687. The Morgan fingerprint density at radius 2 is 1.71 bits per heavy atom. The van der Waals surface area contributed by atoms with Gasteiger partial charge in [0, 0.05) is 42.5 Å². The molecule has 140 valence electrons. The standard InChI is InChI=1S/C23H23N5/c1-2-4-19(5-3-1)20-8-12-27(13-9-20)16-18-14-25-23-22(15-26-28(23)17-18)21-6-10-24-11-7-21/h1-7,10-11,14-15,17,20H,8-9,12-13,16H2. The third-order valence-electron chi connectivity index (χ3n) is 5.67. The minimum absolute atomic E-state index is 0.687. The quantitative estimate of drug-likeness (QED) is 0.542. The first-order chi connectivity index (χ1) is 13.9. The second-order valence-electron chi connectivity index (χ2n) is 7.49. The summed E-state index contributed by atoms with van der Waals surface area (Å²) < 4.78 is 1.89. The van der Waals surface area contributed by atoms with Crippen LogP contribution in [0.25, 0.3) is 16.8 Å². The normalized spacial score (nSPS) is 15.9. The Morgan fingerprint density at radius 3 is 2.50 bits per heavy atom. The number of nitrogens with zero attached hydrogens (tertiary/aromatic N) is 5. The molecule has 1 aliphatic rings. The fraction of sp³-hybridized carbons (Fsp3) is 0.261. The molecule has 1 saturated heterocycles. The van der Waals surface area contributed by atoms with Gasteiger partial charge in [0.25, 0.3) is 0 Å². The molecule has 4 heterocycles. The van der Waals surface area contributed by atoms with Crippen LogP contribution in [0.1, 0.15) is 29.9 Å². The molecule has 4 aromatic rings. The number of hydrogen-bond acceptors (Lipinski definition) is 4. The van der Waals surface area contributed by atoms with E-state index in [0.717, 1.165) is 36.4 Å². The molecule has 0 unspecified atom stereocenters. The van der Waals surface area contributed by atoms with Crippen molar-refractivity contribution in [1.29, 1.82) is 0 Å². The van der Waals surface area contributed by atoms with Crippen LogP contribution in [0.2, 0.25) is 0 Å². The number of hydrogen-bond donors (Lipinski definition) is 0. The van der Waals surface area contributed by atoms with Gasteiger partial charge in [0.15, 0.2) is 5.65 Å². The summed E-state index contributed by atoms with van der Waals surface area (Å²) in [5, 5.41) is 4.52. The van der Waals surface area contributed by atoms with E-state index < -0.39 is 0 Å². The highest BCUT2D eigenvalue weighted by Gasteiger charge is 2.20. The zero-order valence-electron chi connectivity index (χ0n) is 15.8. The van der Waals surface area contributed by atoms with Gasteiger partial charge in [-0.1, -0.05) is 30.3 Å². The van der Waals surface area contributed by atoms with Crippen molar-refractivity contribution < 1.29 is 0 Å². The second-order valence-corrected chi connectivity index (χ2v) is 7.49. The van der Waals surface area contributed by atoms with Crippen LogP contribution in [0.5, 0.6) is 0 Å². The Hall–Kier alpha value is -3.05. The number of benzene rings is 1. The minimum Gasteiger partial charge on any atom is -0.299 e. The van der Waals surface area contributed by atoms with Crippen molar-refractivity contribution >= 4 is 5.65 Å². The molecule has 0 atom stereocenters. The molecular weight excluding hydrogens is 346 g/mol. The molecule has 1 fully saturated rings. The van der Waals surface area contributed by atoms with Gasteiger partial charge in [-0.3, -0.25) is 9.88 Å². The van der Waals surface area contributed by atoms with E-state index >= 15 is 0 Å². The average Bonchev–Trinajstić information content (AvgIpc) is 3.19. The maximum atomic E-state index is 4.70. The number of rotatable bonds is 4. The second kappa shape index (κ2) is 7.52. The lowest BCUT2D eigenvalue weighted by Crippen LogP contribution is -2.32. The molecule has 1 aliphatic heterocycles. The van der Waals surface area contributed by atoms with E-state index in [-0.39, 0.29) is 0 Å². The van der Waals surface area contributed by atoms with Crippen molar-refractivity contribution in [2.24, 2.45) is 0 Å². The average molecular weight is 369 g/mol. The number of fused-ring (bicyclic) bond motifs is 1. The summed E-state index contributed by atoms with van der Waals surface area (Å²) >= 11 is 0. The van der Waals surface area contributed by atoms with Gasteiger partial charge < -0.3 is 0 Å². The molecule has 5 rings (SSSR count). The van der Waals surface area contributed by atoms with Gasteiger partial charge >= 0.3 is 0 Å². The highest BCUT2D eigenvalue weighted by atomic mass is 15.2. The van der Waals surface area contributed by atoms with E-state index in [9.17, 15) is 0 Å². The molecule has 28 heavy (non-hydrogen) atoms. The van der Waals surface area contributed by atoms with Crippen LogP contribution in [0.4, 0.5) is 0 Å². The maximum Gasteiger partial charge on any atom is 0.162 e. The third kappa shape index (κ3) is 3.41. The van der Waals surface area contributed by atoms with Crippen molar-refractivity contribution in [3.05, 3.63) is 84.6 Å². The van der Waals surface area contributed by atoms with Crippen molar-refractivity contribution in [3.63, 3.8) is 0 Å². The van der Waals surface area contributed by atoms with Crippen LogP contribution in [0, 0.1) is 0 Å². The molecule has 5 heteroatoms. The fourth-order valence-corrected chi connectivity index (χ4v) is 4.14. The van der Waals surface area contributed by atoms with Crippen LogP contribution in [0.15, 0.2) is 73.4 Å². The molecule has 1 aromatic carbocycles. The first-order valence-electron chi connectivity index (χ1n) is 9.87. The zero-order chi connectivity index (χ0) is 18.8. The summed E-state index contributed by atoms with van der Waals surface area (Å²) in [4.78, 5) is 11.3. The van der Waals surface area contributed by atoms with Crippen LogP contribution in [-0.2, 0) is 6.54 Å². The number of piperidine rings is 1. The van der Waals surface area contributed by atoms with Gasteiger partial charge in [-0.15, -0.1) is 0 Å². The maximum absolute atomic E-state index is 4.70. The predicted molar refractivity (Wildman–Crippen MR) is 110 cm³/mol. The highest BCUT2D eigenvalue weighted by molar-refractivity contribution is 5.76. The first kappa shape index (κ1) is 17.1. The Bertz CT molecular complexity index is 1050. The smallest absolute Gasteiger partial charge is 0.162 e. The Labute approximate surface area is 164 Å². The van der Waals surface area contributed by atoms with Gasteiger partial charge in [-0.05, 0) is 55.1 Å². The molecule has 0 spiro atoms. The molecule has 0 saturated carbocycles. The van der Waals surface area contributed by atoms with Gasteiger partial charge in [-0.25, -0.2) is 9.50 Å². The van der Waals surface area contributed by atoms with Gasteiger partial charge in [0.1, 0.15) is 0 Å². The Morgan fingerprint density at radius 1 is 0.929 bits per heavy atom.